The van der Waals surface area contributed by atoms with Gasteiger partial charge in [0, 0.05) is 12.0 Å². The average molecular weight is 420 g/mol. The molecule has 1 aromatic carbocycles. The third-order valence-corrected chi connectivity index (χ3v) is 8.34. The molecule has 0 aromatic heterocycles. The molecule has 0 spiro atoms. The van der Waals surface area contributed by atoms with E-state index < -0.39 is 16.0 Å². The molecule has 0 radical (unpaired) electrons. The van der Waals surface area contributed by atoms with Crippen molar-refractivity contribution in [2.45, 2.75) is 56.8 Å². The lowest BCUT2D eigenvalue weighted by atomic mass is 9.48. The molecule has 7 heteroatoms. The van der Waals surface area contributed by atoms with E-state index in [9.17, 15) is 18.0 Å². The lowest BCUT2D eigenvalue weighted by Gasteiger charge is -2.55. The molecule has 0 aliphatic heterocycles. The van der Waals surface area contributed by atoms with E-state index in [1.165, 1.54) is 43.5 Å². The minimum absolute atomic E-state index is 0.0211. The van der Waals surface area contributed by atoms with Crippen molar-refractivity contribution >= 4 is 21.8 Å². The highest BCUT2D eigenvalue weighted by Gasteiger charge is 2.54. The number of nitrogens with one attached hydrogen (secondary N) is 1. The summed E-state index contributed by atoms with van der Waals surface area (Å²) in [6.45, 7) is 1.98. The first kappa shape index (κ1) is 20.5. The smallest absolute Gasteiger partial charge is 0.338 e. The standard InChI is InChI=1S/C22H29NO5S/c1-2-6-23-29(26,27)19-5-3-4-18(10-19)21(25)28-14-20(24)22-11-15-7-16(12-22)9-17(8-15)13-22/h3-5,10,15-17,23H,2,6-9,11-14H2,1H3. The summed E-state index contributed by atoms with van der Waals surface area (Å²) in [7, 11) is -3.67. The molecule has 4 aliphatic carbocycles. The van der Waals surface area contributed by atoms with Gasteiger partial charge in [0.1, 0.15) is 0 Å². The molecule has 1 N–H and O–H groups in total. The van der Waals surface area contributed by atoms with Gasteiger partial charge in [-0.2, -0.15) is 0 Å². The minimum atomic E-state index is -3.67. The largest absolute Gasteiger partial charge is 0.454 e. The van der Waals surface area contributed by atoms with Crippen molar-refractivity contribution in [1.29, 1.82) is 0 Å². The molecular weight excluding hydrogens is 390 g/mol. The van der Waals surface area contributed by atoms with Crippen LogP contribution in [0.25, 0.3) is 0 Å². The van der Waals surface area contributed by atoms with Gasteiger partial charge in [0.2, 0.25) is 10.0 Å². The first-order valence-electron chi connectivity index (χ1n) is 10.6. The fourth-order valence-corrected chi connectivity index (χ4v) is 7.11. The van der Waals surface area contributed by atoms with Gasteiger partial charge < -0.3 is 4.74 Å². The Morgan fingerprint density at radius 1 is 1.10 bits per heavy atom. The zero-order valence-electron chi connectivity index (χ0n) is 16.9. The maximum absolute atomic E-state index is 13.0. The van der Waals surface area contributed by atoms with Crippen LogP contribution in [0.5, 0.6) is 0 Å². The van der Waals surface area contributed by atoms with Crippen LogP contribution in [0.2, 0.25) is 0 Å². The van der Waals surface area contributed by atoms with Crippen molar-refractivity contribution < 1.29 is 22.7 Å². The Labute approximate surface area is 172 Å². The molecule has 158 valence electrons. The highest BCUT2D eigenvalue weighted by atomic mass is 32.2. The summed E-state index contributed by atoms with van der Waals surface area (Å²) in [5.74, 6) is 1.34. The number of sulfonamides is 1. The van der Waals surface area contributed by atoms with E-state index >= 15 is 0 Å². The molecule has 4 fully saturated rings. The molecule has 0 saturated heterocycles. The Hall–Kier alpha value is -1.73. The van der Waals surface area contributed by atoms with Crippen LogP contribution in [0.1, 0.15) is 62.2 Å². The highest BCUT2D eigenvalue weighted by molar-refractivity contribution is 7.89. The summed E-state index contributed by atoms with van der Waals surface area (Å²) in [6, 6.07) is 5.76. The van der Waals surface area contributed by atoms with Crippen molar-refractivity contribution in [2.75, 3.05) is 13.2 Å². The Morgan fingerprint density at radius 2 is 1.72 bits per heavy atom. The molecule has 6 nitrogen and oxygen atoms in total. The van der Waals surface area contributed by atoms with E-state index in [0.29, 0.717) is 30.7 Å². The van der Waals surface area contributed by atoms with Crippen LogP contribution >= 0.6 is 0 Å². The number of Topliss-reactive ketones (excluding diaryl/α,β-unsaturated/α-hetero) is 1. The van der Waals surface area contributed by atoms with Crippen LogP contribution in [0, 0.1) is 23.2 Å². The molecule has 1 aromatic rings. The maximum atomic E-state index is 13.0. The quantitative estimate of drug-likeness (QED) is 0.653. The molecule has 5 rings (SSSR count). The van der Waals surface area contributed by atoms with Gasteiger partial charge in [-0.1, -0.05) is 13.0 Å². The van der Waals surface area contributed by atoms with E-state index in [4.69, 9.17) is 4.74 Å². The number of hydrogen-bond donors (Lipinski definition) is 1. The van der Waals surface area contributed by atoms with Gasteiger partial charge in [-0.25, -0.2) is 17.9 Å². The number of carbonyl (C=O) groups excluding carboxylic acids is 2. The van der Waals surface area contributed by atoms with Crippen molar-refractivity contribution in [1.82, 2.24) is 4.72 Å². The van der Waals surface area contributed by atoms with Crippen LogP contribution < -0.4 is 4.72 Å². The Morgan fingerprint density at radius 3 is 2.31 bits per heavy atom. The number of benzene rings is 1. The average Bonchev–Trinajstić information content (AvgIpc) is 2.69. The monoisotopic (exact) mass is 419 g/mol. The molecule has 0 amide bonds. The predicted molar refractivity (Wildman–Crippen MR) is 108 cm³/mol. The van der Waals surface area contributed by atoms with E-state index in [1.807, 2.05) is 6.92 Å². The zero-order valence-corrected chi connectivity index (χ0v) is 17.7. The van der Waals surface area contributed by atoms with Gasteiger partial charge in [-0.05, 0) is 80.9 Å². The van der Waals surface area contributed by atoms with Gasteiger partial charge in [-0.3, -0.25) is 4.79 Å². The van der Waals surface area contributed by atoms with Crippen LogP contribution in [-0.4, -0.2) is 33.3 Å². The summed E-state index contributed by atoms with van der Waals surface area (Å²) >= 11 is 0. The summed E-state index contributed by atoms with van der Waals surface area (Å²) in [4.78, 5) is 25.5. The van der Waals surface area contributed by atoms with Crippen molar-refractivity contribution in [2.24, 2.45) is 23.2 Å². The molecule has 29 heavy (non-hydrogen) atoms. The van der Waals surface area contributed by atoms with E-state index in [2.05, 4.69) is 4.72 Å². The summed E-state index contributed by atoms with van der Waals surface area (Å²) in [5, 5.41) is 0. The van der Waals surface area contributed by atoms with Crippen LogP contribution in [0.4, 0.5) is 0 Å². The van der Waals surface area contributed by atoms with Crippen LogP contribution in [-0.2, 0) is 19.6 Å². The first-order valence-corrected chi connectivity index (χ1v) is 12.1. The summed E-state index contributed by atoms with van der Waals surface area (Å²) < 4.78 is 32.4. The van der Waals surface area contributed by atoms with Crippen LogP contribution in [0.3, 0.4) is 0 Å². The molecular formula is C22H29NO5S. The molecule has 4 saturated carbocycles. The number of ketones is 1. The normalized spacial score (nSPS) is 30.3. The molecule has 4 bridgehead atoms. The van der Waals surface area contributed by atoms with Gasteiger partial charge in [0.05, 0.1) is 10.5 Å². The zero-order chi connectivity index (χ0) is 20.6. The SMILES string of the molecule is CCCNS(=O)(=O)c1cccc(C(=O)OCC(=O)C23CC4CC(CC(C4)C2)C3)c1. The van der Waals surface area contributed by atoms with Crippen molar-refractivity contribution in [3.63, 3.8) is 0 Å². The van der Waals surface area contributed by atoms with Crippen molar-refractivity contribution in [3.8, 4) is 0 Å². The van der Waals surface area contributed by atoms with Gasteiger partial charge >= 0.3 is 5.97 Å². The van der Waals surface area contributed by atoms with Crippen LogP contribution in [0.15, 0.2) is 29.2 Å². The first-order chi connectivity index (χ1) is 13.8. The van der Waals surface area contributed by atoms with E-state index in [-0.39, 0.29) is 28.3 Å². The second-order valence-corrected chi connectivity index (χ2v) is 10.9. The maximum Gasteiger partial charge on any atom is 0.338 e. The summed E-state index contributed by atoms with van der Waals surface area (Å²) in [5.41, 5.74) is -0.160. The number of carbonyl (C=O) groups is 2. The lowest BCUT2D eigenvalue weighted by Crippen LogP contribution is -2.51. The lowest BCUT2D eigenvalue weighted by molar-refractivity contribution is -0.147. The number of rotatable bonds is 8. The molecule has 0 heterocycles. The Balaban J connectivity index is 1.40. The third-order valence-electron chi connectivity index (χ3n) is 6.89. The van der Waals surface area contributed by atoms with Gasteiger partial charge in [-0.15, -0.1) is 0 Å². The Kier molecular flexibility index (Phi) is 5.55. The van der Waals surface area contributed by atoms with Crippen molar-refractivity contribution in [3.05, 3.63) is 29.8 Å². The fraction of sp³-hybridized carbons (Fsp3) is 0.636. The number of hydrogen-bond acceptors (Lipinski definition) is 5. The summed E-state index contributed by atoms with van der Waals surface area (Å²) in [6.07, 6.45) is 7.23. The molecule has 4 aliphatic rings. The molecule has 0 atom stereocenters. The Bertz CT molecular complexity index is 872. The number of ether oxygens (including phenoxy) is 1. The predicted octanol–water partition coefficient (Wildman–Crippen LogP) is 3.32. The minimum Gasteiger partial charge on any atom is -0.454 e. The topological polar surface area (TPSA) is 89.5 Å². The second kappa shape index (κ2) is 7.84. The van der Waals surface area contributed by atoms with Gasteiger partial charge in [0.15, 0.2) is 12.4 Å². The third kappa shape index (κ3) is 4.12. The second-order valence-electron chi connectivity index (χ2n) is 9.12. The van der Waals surface area contributed by atoms with Gasteiger partial charge in [0.25, 0.3) is 0 Å². The van der Waals surface area contributed by atoms with E-state index in [1.54, 1.807) is 0 Å². The fourth-order valence-electron chi connectivity index (χ4n) is 5.93. The highest BCUT2D eigenvalue weighted by Crippen LogP contribution is 2.60. The van der Waals surface area contributed by atoms with E-state index in [0.717, 1.165) is 19.3 Å². The number of esters is 1. The molecule has 0 unspecified atom stereocenters.